The van der Waals surface area contributed by atoms with Crippen LogP contribution in [0.1, 0.15) is 30.9 Å². The Kier molecular flexibility index (Phi) is 8.13. The van der Waals surface area contributed by atoms with Crippen LogP contribution in [0.5, 0.6) is 17.2 Å². The van der Waals surface area contributed by atoms with Crippen LogP contribution in [0.3, 0.4) is 0 Å². The highest BCUT2D eigenvalue weighted by molar-refractivity contribution is 5.38. The first-order chi connectivity index (χ1) is 12.3. The Balaban J connectivity index is 1.85. The maximum Gasteiger partial charge on any atom is 0.189 e. The Morgan fingerprint density at radius 2 is 1.52 bits per heavy atom. The predicted molar refractivity (Wildman–Crippen MR) is 99.8 cm³/mol. The van der Waals surface area contributed by atoms with E-state index in [1.807, 2.05) is 25.1 Å². The molecular weight excluding hydrogens is 316 g/mol. The molecule has 0 saturated carbocycles. The van der Waals surface area contributed by atoms with Gasteiger partial charge in [-0.2, -0.15) is 0 Å². The third-order valence-electron chi connectivity index (χ3n) is 4.05. The van der Waals surface area contributed by atoms with Crippen LogP contribution in [-0.4, -0.2) is 27.6 Å². The summed E-state index contributed by atoms with van der Waals surface area (Å²) in [6, 6.07) is 14.2. The molecule has 0 radical (unpaired) electrons. The van der Waals surface area contributed by atoms with Gasteiger partial charge in [0, 0.05) is 12.7 Å². The van der Waals surface area contributed by atoms with Crippen LogP contribution in [0.4, 0.5) is 0 Å². The van der Waals surface area contributed by atoms with Crippen molar-refractivity contribution in [2.45, 2.75) is 32.6 Å². The van der Waals surface area contributed by atoms with Gasteiger partial charge in [0.15, 0.2) is 6.79 Å². The number of hydrogen-bond acceptors (Lipinski definition) is 4. The van der Waals surface area contributed by atoms with Gasteiger partial charge in [0.2, 0.25) is 0 Å². The Hall–Kier alpha value is -2.20. The van der Waals surface area contributed by atoms with Crippen molar-refractivity contribution in [3.05, 3.63) is 53.6 Å². The fourth-order valence-corrected chi connectivity index (χ4v) is 2.69. The molecule has 2 rings (SSSR count). The first-order valence-electron chi connectivity index (χ1n) is 8.77. The molecule has 0 saturated heterocycles. The van der Waals surface area contributed by atoms with Crippen molar-refractivity contribution < 1.29 is 18.9 Å². The number of hydrogen-bond donors (Lipinski definition) is 0. The number of rotatable bonds is 11. The molecule has 0 bridgehead atoms. The van der Waals surface area contributed by atoms with E-state index >= 15 is 0 Å². The van der Waals surface area contributed by atoms with Crippen molar-refractivity contribution in [3.63, 3.8) is 0 Å². The van der Waals surface area contributed by atoms with Crippen LogP contribution >= 0.6 is 0 Å². The Bertz CT molecular complexity index is 617. The lowest BCUT2D eigenvalue weighted by Crippen LogP contribution is -2.04. The largest absolute Gasteiger partial charge is 0.497 e. The molecule has 136 valence electrons. The number of ether oxygens (including phenoxy) is 4. The van der Waals surface area contributed by atoms with Gasteiger partial charge in [-0.25, -0.2) is 0 Å². The van der Waals surface area contributed by atoms with E-state index in [0.717, 1.165) is 42.9 Å². The molecule has 0 aliphatic carbocycles. The zero-order valence-electron chi connectivity index (χ0n) is 15.4. The summed E-state index contributed by atoms with van der Waals surface area (Å²) in [6.07, 6.45) is 4.17. The van der Waals surface area contributed by atoms with Crippen LogP contribution in [0.25, 0.3) is 0 Å². The van der Waals surface area contributed by atoms with E-state index in [1.165, 1.54) is 11.1 Å². The molecule has 0 amide bonds. The van der Waals surface area contributed by atoms with Gasteiger partial charge >= 0.3 is 0 Å². The summed E-state index contributed by atoms with van der Waals surface area (Å²) >= 11 is 0. The molecule has 0 spiro atoms. The highest BCUT2D eigenvalue weighted by Crippen LogP contribution is 2.24. The molecule has 0 aromatic heterocycles. The summed E-state index contributed by atoms with van der Waals surface area (Å²) in [5.74, 6) is 2.59. The first-order valence-corrected chi connectivity index (χ1v) is 8.77. The summed E-state index contributed by atoms with van der Waals surface area (Å²) in [5.41, 5.74) is 2.46. The second kappa shape index (κ2) is 10.6. The minimum Gasteiger partial charge on any atom is -0.497 e. The van der Waals surface area contributed by atoms with E-state index in [2.05, 4.69) is 24.3 Å². The van der Waals surface area contributed by atoms with Crippen molar-refractivity contribution >= 4 is 0 Å². The van der Waals surface area contributed by atoms with E-state index in [4.69, 9.17) is 18.9 Å². The molecule has 25 heavy (non-hydrogen) atoms. The quantitative estimate of drug-likeness (QED) is 0.439. The number of aryl methyl sites for hydroxylation is 2. The molecule has 0 fully saturated rings. The van der Waals surface area contributed by atoms with E-state index in [-0.39, 0.29) is 0 Å². The van der Waals surface area contributed by atoms with Crippen LogP contribution in [0.15, 0.2) is 42.5 Å². The fraction of sp³-hybridized carbons (Fsp3) is 0.429. The van der Waals surface area contributed by atoms with Crippen LogP contribution in [-0.2, 0) is 17.6 Å². The zero-order chi connectivity index (χ0) is 17.9. The number of unbranched alkanes of at least 4 members (excludes halogenated alkanes) is 1. The van der Waals surface area contributed by atoms with E-state index in [9.17, 15) is 0 Å². The maximum absolute atomic E-state index is 5.70. The summed E-state index contributed by atoms with van der Waals surface area (Å²) in [5, 5.41) is 0. The molecule has 0 unspecified atom stereocenters. The topological polar surface area (TPSA) is 36.9 Å². The molecule has 0 aliphatic rings. The van der Waals surface area contributed by atoms with Gasteiger partial charge in [0.1, 0.15) is 17.2 Å². The fourth-order valence-electron chi connectivity index (χ4n) is 2.69. The van der Waals surface area contributed by atoms with Gasteiger partial charge in [-0.1, -0.05) is 18.2 Å². The number of para-hydroxylation sites is 1. The van der Waals surface area contributed by atoms with Gasteiger partial charge < -0.3 is 18.9 Å². The second-order valence-corrected chi connectivity index (χ2v) is 5.79. The Labute approximate surface area is 150 Å². The summed E-state index contributed by atoms with van der Waals surface area (Å²) in [4.78, 5) is 0. The lowest BCUT2D eigenvalue weighted by molar-refractivity contribution is 0.0218. The third-order valence-corrected chi connectivity index (χ3v) is 4.05. The van der Waals surface area contributed by atoms with Crippen LogP contribution in [0.2, 0.25) is 0 Å². The molecule has 0 N–H and O–H groups in total. The normalized spacial score (nSPS) is 10.5. The summed E-state index contributed by atoms with van der Waals surface area (Å²) < 4.78 is 21.6. The van der Waals surface area contributed by atoms with Gasteiger partial charge in [-0.3, -0.25) is 0 Å². The van der Waals surface area contributed by atoms with Gasteiger partial charge in [0.25, 0.3) is 0 Å². The smallest absolute Gasteiger partial charge is 0.189 e. The lowest BCUT2D eigenvalue weighted by atomic mass is 10.0. The minimum absolute atomic E-state index is 0.303. The highest BCUT2D eigenvalue weighted by atomic mass is 16.7. The molecule has 4 heteroatoms. The van der Waals surface area contributed by atoms with E-state index < -0.39 is 0 Å². The Morgan fingerprint density at radius 1 is 0.840 bits per heavy atom. The van der Waals surface area contributed by atoms with Crippen molar-refractivity contribution in [2.24, 2.45) is 0 Å². The molecule has 2 aromatic rings. The van der Waals surface area contributed by atoms with Gasteiger partial charge in [0.05, 0.1) is 14.2 Å². The SMILES string of the molecule is CCOCOc1ccccc1CCCCc1cc(OC)cc(OC)c1. The monoisotopic (exact) mass is 344 g/mol. The number of methoxy groups -OCH3 is 2. The van der Waals surface area contributed by atoms with Gasteiger partial charge in [-0.05, 0) is 61.9 Å². The van der Waals surface area contributed by atoms with Crippen molar-refractivity contribution in [1.29, 1.82) is 0 Å². The maximum atomic E-state index is 5.70. The van der Waals surface area contributed by atoms with Crippen molar-refractivity contribution in [2.75, 3.05) is 27.6 Å². The molecule has 0 atom stereocenters. The average molecular weight is 344 g/mol. The molecule has 2 aromatic carbocycles. The van der Waals surface area contributed by atoms with E-state index in [0.29, 0.717) is 13.4 Å². The van der Waals surface area contributed by atoms with Crippen molar-refractivity contribution in [1.82, 2.24) is 0 Å². The predicted octanol–water partition coefficient (Wildman–Crippen LogP) is 4.64. The molecule has 0 heterocycles. The number of benzene rings is 2. The summed E-state index contributed by atoms with van der Waals surface area (Å²) in [6.45, 7) is 2.92. The third kappa shape index (κ3) is 6.31. The highest BCUT2D eigenvalue weighted by Gasteiger charge is 2.05. The summed E-state index contributed by atoms with van der Waals surface area (Å²) in [7, 11) is 3.36. The van der Waals surface area contributed by atoms with Crippen LogP contribution in [0, 0.1) is 0 Å². The molecular formula is C21H28O4. The first kappa shape index (κ1) is 19.1. The van der Waals surface area contributed by atoms with Crippen LogP contribution < -0.4 is 14.2 Å². The van der Waals surface area contributed by atoms with Gasteiger partial charge in [-0.15, -0.1) is 0 Å². The van der Waals surface area contributed by atoms with Crippen molar-refractivity contribution in [3.8, 4) is 17.2 Å². The standard InChI is InChI=1S/C21H28O4/c1-4-24-16-25-21-12-8-7-11-18(21)10-6-5-9-17-13-19(22-2)15-20(14-17)23-3/h7-8,11-15H,4-6,9-10,16H2,1-3H3. The minimum atomic E-state index is 0.303. The Morgan fingerprint density at radius 3 is 2.20 bits per heavy atom. The molecule has 4 nitrogen and oxygen atoms in total. The second-order valence-electron chi connectivity index (χ2n) is 5.79. The lowest BCUT2D eigenvalue weighted by Gasteiger charge is -2.11. The molecule has 0 aliphatic heterocycles. The zero-order valence-corrected chi connectivity index (χ0v) is 15.4. The average Bonchev–Trinajstić information content (AvgIpc) is 2.66. The van der Waals surface area contributed by atoms with E-state index in [1.54, 1.807) is 14.2 Å².